The number of aliphatic hydroxyl groups is 24. The van der Waals surface area contributed by atoms with Crippen molar-refractivity contribution in [2.75, 3.05) is 52.9 Å². The highest BCUT2D eigenvalue weighted by Crippen LogP contribution is 2.40. The minimum atomic E-state index is -2.58. The minimum Gasteiger partial charge on any atom is -0.394 e. The maximum Gasteiger partial charge on any atom is 0.217 e. The lowest BCUT2D eigenvalue weighted by Crippen LogP contribution is -2.71. The number of carbonyl (C=O) groups excluding carboxylic acids is 4. The van der Waals surface area contributed by atoms with E-state index in [1.165, 1.54) is 6.92 Å². The molecule has 9 heterocycles. The Bertz CT molecular complexity index is 2950. The van der Waals surface area contributed by atoms with E-state index in [2.05, 4.69) is 21.3 Å². The molecule has 0 bridgehead atoms. The zero-order chi connectivity index (χ0) is 81.8. The van der Waals surface area contributed by atoms with Crippen LogP contribution in [0.4, 0.5) is 0 Å². The van der Waals surface area contributed by atoms with Gasteiger partial charge in [0.25, 0.3) is 0 Å². The van der Waals surface area contributed by atoms with Crippen LogP contribution in [0.3, 0.4) is 0 Å². The molecule has 0 aliphatic carbocycles. The molecule has 0 aromatic rings. The van der Waals surface area contributed by atoms with Crippen LogP contribution in [-0.2, 0) is 99.7 Å². The molecule has 9 saturated heterocycles. The number of hydrogen-bond donors (Lipinski definition) is 28. The minimum absolute atomic E-state index is 0.829. The van der Waals surface area contributed by atoms with E-state index < -0.39 is 353 Å². The number of aliphatic hydroxyl groups excluding tert-OH is 24. The van der Waals surface area contributed by atoms with Crippen molar-refractivity contribution in [2.24, 2.45) is 0 Å². The van der Waals surface area contributed by atoms with E-state index in [9.17, 15) is 142 Å². The lowest BCUT2D eigenvalue weighted by atomic mass is 9.93. The highest BCUT2D eigenvalue weighted by molar-refractivity contribution is 5.74. The van der Waals surface area contributed by atoms with E-state index in [4.69, 9.17) is 80.5 Å². The van der Waals surface area contributed by atoms with Crippen molar-refractivity contribution in [3.8, 4) is 0 Å². The van der Waals surface area contributed by atoms with Crippen molar-refractivity contribution in [2.45, 2.75) is 311 Å². The number of rotatable bonds is 28. The Labute approximate surface area is 629 Å². The molecule has 0 saturated carbocycles. The van der Waals surface area contributed by atoms with Crippen LogP contribution >= 0.6 is 0 Å². The molecule has 28 N–H and O–H groups in total. The number of amides is 4. The van der Waals surface area contributed by atoms with E-state index in [0.717, 1.165) is 27.7 Å². The molecule has 45 atom stereocenters. The molecule has 9 aliphatic heterocycles. The summed E-state index contributed by atoms with van der Waals surface area (Å²) >= 11 is 0. The van der Waals surface area contributed by atoms with Crippen molar-refractivity contribution in [1.82, 2.24) is 21.3 Å². The number of nitrogens with one attached hydrogen (secondary N) is 4. The number of hydrogen-bond acceptors (Lipinski definition) is 45. The van der Waals surface area contributed by atoms with Crippen LogP contribution in [0.2, 0.25) is 0 Å². The molecule has 0 aromatic carbocycles. The third kappa shape index (κ3) is 20.3. The molecular weight excluding hydrogens is 1520 g/mol. The monoisotopic (exact) mass is 1620 g/mol. The average Bonchev–Trinajstić information content (AvgIpc) is 0.773. The molecule has 642 valence electrons. The van der Waals surface area contributed by atoms with Crippen molar-refractivity contribution in [3.05, 3.63) is 0 Å². The second-order valence-electron chi connectivity index (χ2n) is 28.2. The van der Waals surface area contributed by atoms with Gasteiger partial charge in [0, 0.05) is 27.7 Å². The molecule has 111 heavy (non-hydrogen) atoms. The molecule has 9 rings (SSSR count). The van der Waals surface area contributed by atoms with Gasteiger partial charge in [0.05, 0.1) is 59.0 Å². The fourth-order valence-electron chi connectivity index (χ4n) is 14.3. The van der Waals surface area contributed by atoms with E-state index in [-0.39, 0.29) is 0 Å². The molecule has 4 amide bonds. The van der Waals surface area contributed by atoms with E-state index >= 15 is 0 Å². The van der Waals surface area contributed by atoms with Crippen molar-refractivity contribution in [3.63, 3.8) is 0 Å². The second-order valence-corrected chi connectivity index (χ2v) is 28.2. The summed E-state index contributed by atoms with van der Waals surface area (Å²) in [6, 6.07) is -7.40. The van der Waals surface area contributed by atoms with Crippen LogP contribution in [0, 0.1) is 0 Å². The summed E-state index contributed by atoms with van der Waals surface area (Å²) in [4.78, 5) is 51.1. The molecule has 0 spiro atoms. The van der Waals surface area contributed by atoms with Crippen LogP contribution in [0.1, 0.15) is 34.6 Å². The standard InChI is InChI=1S/C62H104N4O45/c1-14-31(77)41(87)45(91)58(97-14)95-13-26-49(39(85)27(54(94)98-26)63-15(2)73)106-56-29(65-17(4)75)40(86)48(24(11-72)104-56)107-60-47(93)51(37(83)25(105-60)12-96-61-52(43(89)34(80)21(8-69)102-61)110-55-28(64-16(3)74)38(84)32(78)19(6-67)99-55)109-62-53(44(90)35(81)22(9-70)103-62)111-57-30(66-18(5)76)50(36(82)23(10-71)100-57)108-59-46(92)42(88)33(79)20(7-68)101-59/h14,19-62,67-72,77-94H,6-13H2,1-5H3,(H,63,73)(H,64,74)(H,65,75)(H,66,76)/t14-,19+,20+,21+,22+,23+,24+,25+,26+,27+,28+,29+,30+,31+,32+,33-,34+,35+,36+,37+,38+,39+,40+,41+,42-,43-,44-,45-,46+,47-,48+,49+,50+,51-,52-,53-,54+,55-,56-,57-,58+,59-,60-,61-,62+/m0/s1. The Morgan fingerprint density at radius 2 is 0.577 bits per heavy atom. The molecule has 9 fully saturated rings. The summed E-state index contributed by atoms with van der Waals surface area (Å²) in [6.45, 7) is -3.42. The van der Waals surface area contributed by atoms with Gasteiger partial charge in [0.2, 0.25) is 23.6 Å². The molecule has 0 radical (unpaired) electrons. The molecule has 0 unspecified atom stereocenters. The number of carbonyl (C=O) groups is 4. The van der Waals surface area contributed by atoms with Crippen LogP contribution < -0.4 is 21.3 Å². The third-order valence-electron chi connectivity index (χ3n) is 20.3. The predicted octanol–water partition coefficient (Wildman–Crippen LogP) is -19.0. The van der Waals surface area contributed by atoms with Crippen molar-refractivity contribution in [1.29, 1.82) is 0 Å². The van der Waals surface area contributed by atoms with E-state index in [1.54, 1.807) is 0 Å². The van der Waals surface area contributed by atoms with Gasteiger partial charge in [-0.3, -0.25) is 19.2 Å². The van der Waals surface area contributed by atoms with Crippen molar-refractivity contribution < 1.29 is 222 Å². The molecule has 49 nitrogen and oxygen atoms in total. The van der Waals surface area contributed by atoms with Crippen LogP contribution in [0.5, 0.6) is 0 Å². The SMILES string of the molecule is CC(=O)N[C@@H]1[C@@H](O)[C@H](O[C@@H]2O[C@H](CO)[C@@H](O[C@@H]3O[C@H](CO[C@H]4O[C@H](CO)[C@@H](O)[C@H](O)[C@@H]4O[C@@H]4O[C@H](CO)[C@@H](O)[C@H](O)[C@H]4NC(C)=O)[C@@H](O)[C@H](O[C@H]4O[C@H](CO)[C@@H](O)[C@H](O)[C@@H]4O[C@@H]4O[C@H](CO)[C@@H](O)[C@H](O[C@@H]5O[C@H](CO)[C@H](O)[C@H](O)[C@H]5O)[C@H]4NC(C)=O)[C@@H]3O)[C@H](O)[C@H]2NC(C)=O)[C@@H](CO[C@@H]2O[C@@H](C)[C@@H](O)[C@@H](O)[C@@H]2O)O[C@H]1O. The second kappa shape index (κ2) is 39.7. The summed E-state index contributed by atoms with van der Waals surface area (Å²) in [5.41, 5.74) is 0. The largest absolute Gasteiger partial charge is 0.394 e. The Morgan fingerprint density at radius 1 is 0.252 bits per heavy atom. The zero-order valence-corrected chi connectivity index (χ0v) is 59.9. The van der Waals surface area contributed by atoms with Gasteiger partial charge >= 0.3 is 0 Å². The summed E-state index contributed by atoms with van der Waals surface area (Å²) < 4.78 is 101. The molecule has 49 heteroatoms. The van der Waals surface area contributed by atoms with Gasteiger partial charge in [-0.2, -0.15) is 0 Å². The first-order chi connectivity index (χ1) is 52.4. The van der Waals surface area contributed by atoms with Gasteiger partial charge in [-0.15, -0.1) is 0 Å². The van der Waals surface area contributed by atoms with Crippen LogP contribution in [0.25, 0.3) is 0 Å². The lowest BCUT2D eigenvalue weighted by Gasteiger charge is -2.51. The molecule has 9 aliphatic rings. The Kier molecular flexibility index (Phi) is 32.6. The quantitative estimate of drug-likeness (QED) is 0.0346. The first-order valence-corrected chi connectivity index (χ1v) is 35.5. The third-order valence-corrected chi connectivity index (χ3v) is 20.3. The lowest BCUT2D eigenvalue weighted by molar-refractivity contribution is -0.398. The zero-order valence-electron chi connectivity index (χ0n) is 59.9. The summed E-state index contributed by atoms with van der Waals surface area (Å²) in [7, 11) is 0. The number of ether oxygens (including phenoxy) is 17. The van der Waals surface area contributed by atoms with Gasteiger partial charge < -0.3 is 224 Å². The average molecular weight is 1630 g/mol. The maximum absolute atomic E-state index is 13.2. The topological polar surface area (TPSA) is 759 Å². The highest BCUT2D eigenvalue weighted by atomic mass is 16.8. The van der Waals surface area contributed by atoms with Crippen molar-refractivity contribution >= 4 is 23.6 Å². The van der Waals surface area contributed by atoms with Gasteiger partial charge in [-0.1, -0.05) is 0 Å². The summed E-state index contributed by atoms with van der Waals surface area (Å²) in [5.74, 6) is -3.61. The fraction of sp³-hybridized carbons (Fsp3) is 0.935. The Hall–Kier alpha value is -3.76. The fourth-order valence-corrected chi connectivity index (χ4v) is 14.3. The van der Waals surface area contributed by atoms with Gasteiger partial charge in [-0.05, 0) is 6.92 Å². The van der Waals surface area contributed by atoms with Gasteiger partial charge in [-0.25, -0.2) is 0 Å². The Balaban J connectivity index is 1.07. The first kappa shape index (κ1) is 91.1. The van der Waals surface area contributed by atoms with Gasteiger partial charge in [0.15, 0.2) is 56.6 Å². The van der Waals surface area contributed by atoms with Gasteiger partial charge in [0.1, 0.15) is 213 Å². The van der Waals surface area contributed by atoms with Crippen LogP contribution in [-0.4, -0.2) is 475 Å². The normalized spacial score (nSPS) is 49.3. The Morgan fingerprint density at radius 3 is 1.11 bits per heavy atom. The van der Waals surface area contributed by atoms with Crippen LogP contribution in [0.15, 0.2) is 0 Å². The van der Waals surface area contributed by atoms with E-state index in [0.29, 0.717) is 0 Å². The maximum atomic E-state index is 13.2. The summed E-state index contributed by atoms with van der Waals surface area (Å²) in [6.07, 6.45) is -83.9. The highest BCUT2D eigenvalue weighted by Gasteiger charge is 2.61. The first-order valence-electron chi connectivity index (χ1n) is 35.5. The summed E-state index contributed by atoms with van der Waals surface area (Å²) in [5, 5.41) is 276. The predicted molar refractivity (Wildman–Crippen MR) is 342 cm³/mol. The molecule has 0 aromatic heterocycles. The molecular formula is C62H104N4O45. The van der Waals surface area contributed by atoms with E-state index in [1.807, 2.05) is 0 Å². The smallest absolute Gasteiger partial charge is 0.217 e.